The Hall–Kier alpha value is -3.90. The summed E-state index contributed by atoms with van der Waals surface area (Å²) in [5.41, 5.74) is -3.55. The fraction of sp³-hybridized carbons (Fsp3) is 0.200. The van der Waals surface area contributed by atoms with Crippen LogP contribution in [0.4, 0.5) is 35.1 Å². The van der Waals surface area contributed by atoms with Gasteiger partial charge in [0, 0.05) is 23.1 Å². The molecule has 0 aliphatic rings. The van der Waals surface area contributed by atoms with Crippen molar-refractivity contribution in [3.63, 3.8) is 0 Å². The zero-order valence-corrected chi connectivity index (χ0v) is 30.1. The quantitative estimate of drug-likeness (QED) is 0.0326. The third-order valence-electron chi connectivity index (χ3n) is 6.24. The number of sulfonamides is 1. The van der Waals surface area contributed by atoms with Crippen molar-refractivity contribution in [2.45, 2.75) is 25.0 Å². The van der Waals surface area contributed by atoms with Gasteiger partial charge in [-0.1, -0.05) is 16.7 Å². The van der Waals surface area contributed by atoms with E-state index in [0.29, 0.717) is 23.5 Å². The van der Waals surface area contributed by atoms with Gasteiger partial charge in [-0.25, -0.2) is 38.6 Å². The molecule has 0 aliphatic carbocycles. The largest absolute Gasteiger partial charge is 0.502 e. The van der Waals surface area contributed by atoms with Gasteiger partial charge in [0.05, 0.1) is 22.9 Å². The molecule has 0 saturated carbocycles. The Morgan fingerprint density at radius 3 is 1.77 bits per heavy atom. The Morgan fingerprint density at radius 1 is 0.811 bits per heavy atom. The second-order valence-corrected chi connectivity index (χ2v) is 19.0. The molecule has 288 valence electrons. The molecule has 1 N–H and O–H groups in total. The summed E-state index contributed by atoms with van der Waals surface area (Å²) in [5.74, 6) is -6.15. The lowest BCUT2D eigenvalue weighted by molar-refractivity contribution is -0.0443. The Kier molecular flexibility index (Phi) is 11.9. The van der Waals surface area contributed by atoms with Crippen molar-refractivity contribution in [2.75, 3.05) is 19.4 Å². The predicted octanol–water partition coefficient (Wildman–Crippen LogP) is 7.70. The second kappa shape index (κ2) is 15.1. The number of hydrogen-bond donors (Lipinski definition) is 1. The second-order valence-electron chi connectivity index (χ2n) is 9.87. The van der Waals surface area contributed by atoms with Gasteiger partial charge in [0.1, 0.15) is 49.2 Å². The fourth-order valence-electron chi connectivity index (χ4n) is 3.93. The van der Waals surface area contributed by atoms with Crippen LogP contribution in [-0.4, -0.2) is 55.7 Å². The maximum Gasteiger partial charge on any atom is 0.502 e. The van der Waals surface area contributed by atoms with E-state index in [9.17, 15) is 64.9 Å². The Balaban J connectivity index is 1.70. The van der Waals surface area contributed by atoms with Crippen LogP contribution in [0.3, 0.4) is 0 Å². The lowest BCUT2D eigenvalue weighted by atomic mass is 10.2. The highest BCUT2D eigenvalue weighted by molar-refractivity contribution is 7.92. The maximum absolute atomic E-state index is 14.6. The molecule has 0 aliphatic heterocycles. The number of azide groups is 1. The van der Waals surface area contributed by atoms with E-state index in [2.05, 4.69) is 10.0 Å². The van der Waals surface area contributed by atoms with Crippen LogP contribution in [0.5, 0.6) is 17.2 Å². The topological polar surface area (TPSA) is 208 Å². The first-order chi connectivity index (χ1) is 24.3. The van der Waals surface area contributed by atoms with Gasteiger partial charge in [0.2, 0.25) is 0 Å². The van der Waals surface area contributed by atoms with Crippen LogP contribution in [0.15, 0.2) is 73.7 Å². The molecule has 53 heavy (non-hydrogen) atoms. The van der Waals surface area contributed by atoms with Gasteiger partial charge in [0.15, 0.2) is 0 Å². The number of benzene rings is 3. The van der Waals surface area contributed by atoms with E-state index in [-0.39, 0.29) is 58.3 Å². The number of thiophene rings is 1. The van der Waals surface area contributed by atoms with Gasteiger partial charge >= 0.3 is 18.6 Å². The Labute approximate surface area is 301 Å². The summed E-state index contributed by atoms with van der Waals surface area (Å²) < 4.78 is 211. The summed E-state index contributed by atoms with van der Waals surface area (Å²) in [5, 5.41) is 3.48. The van der Waals surface area contributed by atoms with E-state index in [0.717, 1.165) is 6.07 Å². The highest BCUT2D eigenvalue weighted by Gasteiger charge is 2.49. The van der Waals surface area contributed by atoms with E-state index in [1.54, 1.807) is 0 Å². The van der Waals surface area contributed by atoms with Crippen LogP contribution in [0.2, 0.25) is 5.02 Å². The highest BCUT2D eigenvalue weighted by Crippen LogP contribution is 2.49. The van der Waals surface area contributed by atoms with Gasteiger partial charge in [-0.3, -0.25) is 0 Å². The minimum absolute atomic E-state index is 0.00101. The van der Waals surface area contributed by atoms with Crippen LogP contribution in [0, 0.1) is 11.6 Å². The number of nitrogens with zero attached hydrogens (tertiary/aromatic N) is 3. The average Bonchev–Trinajstić information content (AvgIpc) is 3.47. The number of rotatable bonds is 14. The molecule has 0 atom stereocenters. The molecule has 0 amide bonds. The summed E-state index contributed by atoms with van der Waals surface area (Å²) in [4.78, 5) is -1.24. The number of nitrogens with one attached hydrogen (secondary N) is 1. The minimum Gasteiger partial charge on any atom is -0.493 e. The van der Waals surface area contributed by atoms with Crippen LogP contribution >= 0.6 is 30.5 Å². The molecule has 0 unspecified atom stereocenters. The average molecular weight is 879 g/mol. The van der Waals surface area contributed by atoms with Gasteiger partial charge in [-0.15, -0.1) is 11.3 Å². The van der Waals surface area contributed by atoms with Crippen LogP contribution in [0.25, 0.3) is 20.5 Å². The van der Waals surface area contributed by atoms with E-state index < -0.39 is 91.7 Å². The van der Waals surface area contributed by atoms with Crippen LogP contribution < -0.4 is 18.5 Å². The predicted molar refractivity (Wildman–Crippen MR) is 170 cm³/mol. The maximum atomic E-state index is 14.6. The molecule has 0 bridgehead atoms. The van der Waals surface area contributed by atoms with Crippen molar-refractivity contribution in [1.82, 2.24) is 4.72 Å². The summed E-state index contributed by atoms with van der Waals surface area (Å²) >= 11 is 6.81. The van der Waals surface area contributed by atoms with Crippen molar-refractivity contribution >= 4 is 70.3 Å². The van der Waals surface area contributed by atoms with E-state index in [1.807, 2.05) is 4.72 Å². The molecule has 14 nitrogen and oxygen atoms in total. The molecule has 1 heterocycles. The molecule has 0 saturated heterocycles. The number of sulfone groups is 2. The minimum atomic E-state index is -6.26. The third kappa shape index (κ3) is 9.25. The molecule has 3 aromatic carbocycles. The first-order valence-corrected chi connectivity index (χ1v) is 20.7. The molecular formula is C25H16ClF8N4O10PS4. The van der Waals surface area contributed by atoms with Crippen LogP contribution in [0.1, 0.15) is 0 Å². The molecule has 1 aromatic heterocycles. The molecule has 28 heteroatoms. The smallest absolute Gasteiger partial charge is 0.493 e. The summed E-state index contributed by atoms with van der Waals surface area (Å²) in [6.45, 7) is -0.135. The number of fused-ring (bicyclic) bond motifs is 1. The Morgan fingerprint density at radius 2 is 1.32 bits per heavy atom. The van der Waals surface area contributed by atoms with Gasteiger partial charge in [-0.05, 0) is 47.3 Å². The van der Waals surface area contributed by atoms with E-state index in [1.165, 1.54) is 12.1 Å². The van der Waals surface area contributed by atoms with Crippen molar-refractivity contribution in [1.29, 1.82) is 0 Å². The van der Waals surface area contributed by atoms with E-state index in [4.69, 9.17) is 30.9 Å². The molecule has 4 rings (SSSR count). The van der Waals surface area contributed by atoms with Crippen molar-refractivity contribution in [3.05, 3.63) is 81.7 Å². The molecule has 0 spiro atoms. The fourth-order valence-corrected chi connectivity index (χ4v) is 10.3. The monoisotopic (exact) mass is 878 g/mol. The van der Waals surface area contributed by atoms with Gasteiger partial charge in [-0.2, -0.15) is 31.1 Å². The van der Waals surface area contributed by atoms with Gasteiger partial charge < -0.3 is 13.8 Å². The highest BCUT2D eigenvalue weighted by atomic mass is 35.5. The van der Waals surface area contributed by atoms with Crippen molar-refractivity contribution in [2.24, 2.45) is 5.11 Å². The zero-order chi connectivity index (χ0) is 39.8. The van der Waals surface area contributed by atoms with Crippen molar-refractivity contribution < 1.29 is 78.7 Å². The lowest BCUT2D eigenvalue weighted by Gasteiger charge is -2.21. The first-order valence-electron chi connectivity index (χ1n) is 13.4. The first kappa shape index (κ1) is 41.9. The number of ether oxygens (including phenoxy) is 1. The van der Waals surface area contributed by atoms with E-state index >= 15 is 0 Å². The van der Waals surface area contributed by atoms with Crippen molar-refractivity contribution in [3.8, 4) is 17.2 Å². The summed E-state index contributed by atoms with van der Waals surface area (Å²) in [6.07, 6.45) is -1.49. The standard InChI is InChI=1S/C25H16ClF8N4O10PS4/c26-17-9-16(46-6-5-36-38-35)7-13-8-22(50-23(13)17)53(44,45)37-12-49(39,47-14-1-3-20(18(27)10-14)51(40,41)24(29,30)31)48-15-2-4-21(19(28)11-15)52(42,43)25(32,33)34/h1-4,7-11,37H,5-6,12H2. The number of halogens is 9. The number of alkyl halides is 6. The lowest BCUT2D eigenvalue weighted by Crippen LogP contribution is -2.27. The summed E-state index contributed by atoms with van der Waals surface area (Å²) in [6, 6.07) is 4.53. The molecular weight excluding hydrogens is 863 g/mol. The molecule has 4 aromatic rings. The molecule has 0 radical (unpaired) electrons. The Bertz CT molecular complexity index is 2410. The van der Waals surface area contributed by atoms with Crippen LogP contribution in [-0.2, 0) is 34.3 Å². The number of hydrogen-bond acceptors (Lipinski definition) is 12. The van der Waals surface area contributed by atoms with Gasteiger partial charge in [0.25, 0.3) is 29.7 Å². The third-order valence-corrected chi connectivity index (χ3v) is 14.5. The molecule has 0 fully saturated rings. The SMILES string of the molecule is [N-]=[N+]=NCCOc1cc(Cl)c2sc(S(=O)(=O)NCP(=O)(Oc3ccc(S(=O)(=O)C(F)(F)F)c(F)c3)Oc3ccc(S(=O)(=O)C(F)(F)F)c(F)c3)cc2c1. The summed E-state index contributed by atoms with van der Waals surface area (Å²) in [7, 11) is -22.6. The zero-order valence-electron chi connectivity index (χ0n) is 25.2. The normalized spacial score (nSPS) is 13.1.